The van der Waals surface area contributed by atoms with E-state index in [1.54, 1.807) is 0 Å². The van der Waals surface area contributed by atoms with Crippen LogP contribution in [-0.2, 0) is 4.79 Å². The maximum absolute atomic E-state index is 9.74. The molecule has 0 aromatic rings. The molecular formula is C4H9NOS. The van der Waals surface area contributed by atoms with Crippen LogP contribution in [0, 0.1) is 0 Å². The normalized spacial score (nSPS) is 13.4. The minimum absolute atomic E-state index is 0.308. The average molecular weight is 119 g/mol. The van der Waals surface area contributed by atoms with E-state index in [1.807, 2.05) is 0 Å². The third kappa shape index (κ3) is 3.82. The van der Waals surface area contributed by atoms with Gasteiger partial charge >= 0.3 is 0 Å². The SMILES string of the molecule is NC(C=O)CCS. The van der Waals surface area contributed by atoms with Crippen molar-refractivity contribution in [2.24, 2.45) is 5.73 Å². The van der Waals surface area contributed by atoms with Crippen molar-refractivity contribution >= 4 is 18.9 Å². The molecule has 0 aliphatic rings. The van der Waals surface area contributed by atoms with E-state index in [-0.39, 0.29) is 6.04 Å². The second kappa shape index (κ2) is 4.15. The highest BCUT2D eigenvalue weighted by atomic mass is 32.1. The summed E-state index contributed by atoms with van der Waals surface area (Å²) in [6.45, 7) is 0. The molecule has 0 saturated heterocycles. The number of nitrogens with two attached hydrogens (primary N) is 1. The van der Waals surface area contributed by atoms with Crippen molar-refractivity contribution < 1.29 is 4.79 Å². The van der Waals surface area contributed by atoms with Gasteiger partial charge in [-0.1, -0.05) is 0 Å². The first-order valence-corrected chi connectivity index (χ1v) is 2.76. The summed E-state index contributed by atoms with van der Waals surface area (Å²) in [7, 11) is 0. The Morgan fingerprint density at radius 3 is 2.57 bits per heavy atom. The minimum atomic E-state index is -0.308. The second-order valence-electron chi connectivity index (χ2n) is 1.31. The van der Waals surface area contributed by atoms with Crippen LogP contribution in [0.4, 0.5) is 0 Å². The summed E-state index contributed by atoms with van der Waals surface area (Å²) in [6.07, 6.45) is 1.41. The number of rotatable bonds is 3. The Balaban J connectivity index is 2.98. The highest BCUT2D eigenvalue weighted by Crippen LogP contribution is 1.84. The van der Waals surface area contributed by atoms with Crippen molar-refractivity contribution in [3.8, 4) is 0 Å². The summed E-state index contributed by atoms with van der Waals surface area (Å²) in [5, 5.41) is 0. The maximum atomic E-state index is 9.74. The molecule has 7 heavy (non-hydrogen) atoms. The lowest BCUT2D eigenvalue weighted by atomic mass is 10.3. The van der Waals surface area contributed by atoms with E-state index in [0.29, 0.717) is 12.2 Å². The van der Waals surface area contributed by atoms with E-state index < -0.39 is 0 Å². The summed E-state index contributed by atoms with van der Waals surface area (Å²) in [5.74, 6) is 0.680. The predicted octanol–water partition coefficient (Wildman–Crippen LogP) is -0.167. The molecular weight excluding hydrogens is 110 g/mol. The van der Waals surface area contributed by atoms with Crippen LogP contribution >= 0.6 is 12.6 Å². The van der Waals surface area contributed by atoms with E-state index in [1.165, 1.54) is 0 Å². The molecule has 1 unspecified atom stereocenters. The van der Waals surface area contributed by atoms with Crippen LogP contribution in [-0.4, -0.2) is 18.1 Å². The monoisotopic (exact) mass is 119 g/mol. The van der Waals surface area contributed by atoms with Crippen molar-refractivity contribution in [1.29, 1.82) is 0 Å². The Hall–Kier alpha value is -0.0200. The zero-order valence-electron chi connectivity index (χ0n) is 4.00. The van der Waals surface area contributed by atoms with E-state index in [4.69, 9.17) is 5.73 Å². The number of aldehydes is 1. The van der Waals surface area contributed by atoms with Crippen LogP contribution in [0.25, 0.3) is 0 Å². The highest BCUT2D eigenvalue weighted by Gasteiger charge is 1.93. The molecule has 2 N–H and O–H groups in total. The number of thiol groups is 1. The summed E-state index contributed by atoms with van der Waals surface area (Å²) < 4.78 is 0. The topological polar surface area (TPSA) is 43.1 Å². The van der Waals surface area contributed by atoms with Gasteiger partial charge in [0.25, 0.3) is 0 Å². The van der Waals surface area contributed by atoms with Gasteiger partial charge in [0.15, 0.2) is 0 Å². The Kier molecular flexibility index (Phi) is 4.14. The Bertz CT molecular complexity index is 57.7. The van der Waals surface area contributed by atoms with Crippen LogP contribution in [0.2, 0.25) is 0 Å². The molecule has 0 rings (SSSR count). The molecule has 0 fully saturated rings. The fourth-order valence-corrected chi connectivity index (χ4v) is 0.515. The first-order valence-electron chi connectivity index (χ1n) is 2.13. The summed E-state index contributed by atoms with van der Waals surface area (Å²) in [5.41, 5.74) is 5.17. The molecule has 0 bridgehead atoms. The Labute approximate surface area is 48.5 Å². The molecule has 0 aromatic carbocycles. The van der Waals surface area contributed by atoms with E-state index in [0.717, 1.165) is 6.29 Å². The third-order valence-electron chi connectivity index (χ3n) is 0.637. The van der Waals surface area contributed by atoms with Gasteiger partial charge in [-0.05, 0) is 12.2 Å². The minimum Gasteiger partial charge on any atom is -0.322 e. The van der Waals surface area contributed by atoms with Gasteiger partial charge in [0.2, 0.25) is 0 Å². The van der Waals surface area contributed by atoms with E-state index >= 15 is 0 Å². The van der Waals surface area contributed by atoms with Crippen molar-refractivity contribution in [3.05, 3.63) is 0 Å². The van der Waals surface area contributed by atoms with Gasteiger partial charge in [0.1, 0.15) is 6.29 Å². The first kappa shape index (κ1) is 6.98. The van der Waals surface area contributed by atoms with Crippen molar-refractivity contribution in [1.82, 2.24) is 0 Å². The lowest BCUT2D eigenvalue weighted by Gasteiger charge is -1.95. The van der Waals surface area contributed by atoms with E-state index in [9.17, 15) is 4.79 Å². The molecule has 0 amide bonds. The summed E-state index contributed by atoms with van der Waals surface area (Å²) >= 11 is 3.88. The molecule has 0 spiro atoms. The van der Waals surface area contributed by atoms with Gasteiger partial charge in [-0.2, -0.15) is 12.6 Å². The zero-order chi connectivity index (χ0) is 5.70. The van der Waals surface area contributed by atoms with Gasteiger partial charge in [0, 0.05) is 0 Å². The summed E-state index contributed by atoms with van der Waals surface area (Å²) in [4.78, 5) is 9.74. The number of hydrogen-bond acceptors (Lipinski definition) is 3. The van der Waals surface area contributed by atoms with Gasteiger partial charge in [0.05, 0.1) is 6.04 Å². The first-order chi connectivity index (χ1) is 3.31. The van der Waals surface area contributed by atoms with Gasteiger partial charge in [-0.15, -0.1) is 0 Å². The average Bonchev–Trinajstić information content (AvgIpc) is 1.68. The number of hydrogen-bond donors (Lipinski definition) is 2. The van der Waals surface area contributed by atoms with E-state index in [2.05, 4.69) is 12.6 Å². The maximum Gasteiger partial charge on any atom is 0.136 e. The fraction of sp³-hybridized carbons (Fsp3) is 0.750. The predicted molar refractivity (Wildman–Crippen MR) is 32.5 cm³/mol. The third-order valence-corrected chi connectivity index (χ3v) is 0.895. The van der Waals surface area contributed by atoms with Crippen LogP contribution in [0.15, 0.2) is 0 Å². The number of carbonyl (C=O) groups is 1. The largest absolute Gasteiger partial charge is 0.322 e. The Morgan fingerprint density at radius 2 is 2.43 bits per heavy atom. The standard InChI is InChI=1S/C4H9NOS/c5-4(3-6)1-2-7/h3-4,7H,1-2,5H2. The van der Waals surface area contributed by atoms with Crippen LogP contribution < -0.4 is 5.73 Å². The van der Waals surface area contributed by atoms with Crippen LogP contribution in [0.3, 0.4) is 0 Å². The van der Waals surface area contributed by atoms with Gasteiger partial charge < -0.3 is 10.5 Å². The van der Waals surface area contributed by atoms with Crippen molar-refractivity contribution in [3.63, 3.8) is 0 Å². The molecule has 0 radical (unpaired) electrons. The molecule has 0 saturated carbocycles. The van der Waals surface area contributed by atoms with Gasteiger partial charge in [-0.3, -0.25) is 0 Å². The smallest absolute Gasteiger partial charge is 0.136 e. The fourth-order valence-electron chi connectivity index (χ4n) is 0.217. The quantitative estimate of drug-likeness (QED) is 0.400. The molecule has 42 valence electrons. The highest BCUT2D eigenvalue weighted by molar-refractivity contribution is 7.80. The molecule has 2 nitrogen and oxygen atoms in total. The summed E-state index contributed by atoms with van der Waals surface area (Å²) in [6, 6.07) is -0.308. The van der Waals surface area contributed by atoms with Crippen LogP contribution in [0.1, 0.15) is 6.42 Å². The molecule has 1 atom stereocenters. The Morgan fingerprint density at radius 1 is 1.86 bits per heavy atom. The van der Waals surface area contributed by atoms with Crippen molar-refractivity contribution in [2.75, 3.05) is 5.75 Å². The van der Waals surface area contributed by atoms with Gasteiger partial charge in [-0.25, -0.2) is 0 Å². The number of carbonyl (C=O) groups excluding carboxylic acids is 1. The van der Waals surface area contributed by atoms with Crippen LogP contribution in [0.5, 0.6) is 0 Å². The molecule has 0 aromatic heterocycles. The molecule has 0 heterocycles. The van der Waals surface area contributed by atoms with Crippen molar-refractivity contribution in [2.45, 2.75) is 12.5 Å². The zero-order valence-corrected chi connectivity index (χ0v) is 4.90. The molecule has 0 aliphatic carbocycles. The molecule has 3 heteroatoms. The lowest BCUT2D eigenvalue weighted by Crippen LogP contribution is -2.21. The lowest BCUT2D eigenvalue weighted by molar-refractivity contribution is -0.108. The molecule has 0 aliphatic heterocycles. The second-order valence-corrected chi connectivity index (χ2v) is 1.76.